The molecule has 1 aromatic rings. The molecule has 0 radical (unpaired) electrons. The van der Waals surface area contributed by atoms with Gasteiger partial charge in [0.15, 0.2) is 5.82 Å². The molecule has 4 nitrogen and oxygen atoms in total. The van der Waals surface area contributed by atoms with Crippen molar-refractivity contribution in [3.8, 4) is 0 Å². The average molecular weight is 200 g/mol. The summed E-state index contributed by atoms with van der Waals surface area (Å²) in [6, 6.07) is 3.06. The van der Waals surface area contributed by atoms with Crippen molar-refractivity contribution in [2.45, 2.75) is 6.92 Å². The highest BCUT2D eigenvalue weighted by molar-refractivity contribution is 6.33. The summed E-state index contributed by atoms with van der Waals surface area (Å²) in [5.74, 6) is 0.370. The largest absolute Gasteiger partial charge is 0.338 e. The second-order valence-electron chi connectivity index (χ2n) is 2.32. The number of halogens is 1. The molecule has 70 valence electrons. The Morgan fingerprint density at radius 3 is 3.08 bits per heavy atom. The fraction of sp³-hybridized carbons (Fsp3) is 0.250. The molecule has 1 heterocycles. The quantitative estimate of drug-likeness (QED) is 0.764. The first-order valence-corrected chi connectivity index (χ1v) is 4.27. The van der Waals surface area contributed by atoms with Crippen LogP contribution in [0.25, 0.3) is 0 Å². The number of nitrogens with zero attached hydrogens (tertiary/aromatic N) is 1. The Bertz CT molecular complexity index is 303. The Kier molecular flexibility index (Phi) is 3.52. The summed E-state index contributed by atoms with van der Waals surface area (Å²) in [5, 5.41) is 5.52. The number of nitrogens with one attached hydrogen (secondary N) is 2. The molecule has 0 saturated carbocycles. The lowest BCUT2D eigenvalue weighted by atomic mass is 10.4. The predicted molar refractivity (Wildman–Crippen MR) is 51.9 cm³/mol. The van der Waals surface area contributed by atoms with E-state index < -0.39 is 0 Å². The molecule has 0 aromatic carbocycles. The fourth-order valence-corrected chi connectivity index (χ4v) is 0.959. The number of anilines is 1. The summed E-state index contributed by atoms with van der Waals surface area (Å²) in [4.78, 5) is 14.9. The molecular formula is C8H10ClN3O. The van der Waals surface area contributed by atoms with Crippen LogP contribution in [0.5, 0.6) is 0 Å². The molecule has 0 atom stereocenters. The number of amides is 2. The Hall–Kier alpha value is -1.29. The minimum atomic E-state index is -0.303. The van der Waals surface area contributed by atoms with E-state index in [0.717, 1.165) is 0 Å². The van der Waals surface area contributed by atoms with Gasteiger partial charge in [-0.1, -0.05) is 11.6 Å². The number of urea groups is 1. The molecule has 1 aromatic heterocycles. The van der Waals surface area contributed by atoms with Crippen LogP contribution < -0.4 is 10.6 Å². The zero-order valence-electron chi connectivity index (χ0n) is 7.17. The maximum Gasteiger partial charge on any atom is 0.320 e. The molecule has 0 aliphatic rings. The molecular weight excluding hydrogens is 190 g/mol. The zero-order chi connectivity index (χ0) is 9.68. The molecule has 0 aliphatic heterocycles. The van der Waals surface area contributed by atoms with Crippen molar-refractivity contribution in [3.63, 3.8) is 0 Å². The van der Waals surface area contributed by atoms with Crippen molar-refractivity contribution in [1.29, 1.82) is 0 Å². The van der Waals surface area contributed by atoms with Gasteiger partial charge in [0.05, 0.1) is 5.02 Å². The van der Waals surface area contributed by atoms with Crippen molar-refractivity contribution in [3.05, 3.63) is 23.4 Å². The first kappa shape index (κ1) is 9.80. The molecule has 0 unspecified atom stereocenters. The van der Waals surface area contributed by atoms with E-state index in [-0.39, 0.29) is 6.03 Å². The van der Waals surface area contributed by atoms with Gasteiger partial charge in [-0.3, -0.25) is 5.32 Å². The van der Waals surface area contributed by atoms with Crippen LogP contribution in [0.15, 0.2) is 18.3 Å². The molecule has 0 aliphatic carbocycles. The van der Waals surface area contributed by atoms with Crippen LogP contribution in [-0.4, -0.2) is 17.6 Å². The molecule has 13 heavy (non-hydrogen) atoms. The van der Waals surface area contributed by atoms with Gasteiger partial charge in [-0.15, -0.1) is 0 Å². The molecule has 1 rings (SSSR count). The monoisotopic (exact) mass is 199 g/mol. The SMILES string of the molecule is CCNC(=O)Nc1ncccc1Cl. The van der Waals surface area contributed by atoms with Crippen molar-refractivity contribution < 1.29 is 4.79 Å². The minimum absolute atomic E-state index is 0.303. The molecule has 0 saturated heterocycles. The highest BCUT2D eigenvalue weighted by atomic mass is 35.5. The third kappa shape index (κ3) is 2.91. The fourth-order valence-electron chi connectivity index (χ4n) is 0.790. The Balaban J connectivity index is 2.63. The van der Waals surface area contributed by atoms with Gasteiger partial charge in [-0.25, -0.2) is 9.78 Å². The lowest BCUT2D eigenvalue weighted by molar-refractivity contribution is 0.252. The van der Waals surface area contributed by atoms with Gasteiger partial charge in [0, 0.05) is 12.7 Å². The molecule has 5 heteroatoms. The van der Waals surface area contributed by atoms with Crippen LogP contribution in [0.3, 0.4) is 0 Å². The number of carbonyl (C=O) groups excluding carboxylic acids is 1. The van der Waals surface area contributed by atoms with E-state index in [9.17, 15) is 4.79 Å². The van der Waals surface area contributed by atoms with E-state index in [0.29, 0.717) is 17.4 Å². The standard InChI is InChI=1S/C8H10ClN3O/c1-2-10-8(13)12-7-6(9)4-3-5-11-7/h3-5H,2H2,1H3,(H2,10,11,12,13). The number of rotatable bonds is 2. The predicted octanol–water partition coefficient (Wildman–Crippen LogP) is 1.88. The van der Waals surface area contributed by atoms with Crippen LogP contribution in [0.4, 0.5) is 10.6 Å². The third-order valence-corrected chi connectivity index (χ3v) is 1.63. The highest BCUT2D eigenvalue weighted by Gasteiger charge is 2.03. The molecule has 0 bridgehead atoms. The maximum atomic E-state index is 11.0. The summed E-state index contributed by atoms with van der Waals surface area (Å²) >= 11 is 5.76. The number of aromatic nitrogens is 1. The normalized spacial score (nSPS) is 9.38. The van der Waals surface area contributed by atoms with Gasteiger partial charge >= 0.3 is 6.03 Å². The molecule has 2 N–H and O–H groups in total. The average Bonchev–Trinajstić information content (AvgIpc) is 2.09. The first-order valence-electron chi connectivity index (χ1n) is 3.89. The van der Waals surface area contributed by atoms with E-state index in [2.05, 4.69) is 15.6 Å². The van der Waals surface area contributed by atoms with E-state index in [1.165, 1.54) is 0 Å². The van der Waals surface area contributed by atoms with Gasteiger partial charge in [-0.05, 0) is 19.1 Å². The zero-order valence-corrected chi connectivity index (χ0v) is 7.93. The van der Waals surface area contributed by atoms with Crippen LogP contribution >= 0.6 is 11.6 Å². The second-order valence-corrected chi connectivity index (χ2v) is 2.73. The lowest BCUT2D eigenvalue weighted by Crippen LogP contribution is -2.28. The van der Waals surface area contributed by atoms with E-state index in [1.54, 1.807) is 18.3 Å². The number of hydrogen-bond donors (Lipinski definition) is 2. The van der Waals surface area contributed by atoms with E-state index in [4.69, 9.17) is 11.6 Å². The van der Waals surface area contributed by atoms with Gasteiger partial charge in [-0.2, -0.15) is 0 Å². The van der Waals surface area contributed by atoms with Crippen molar-refractivity contribution >= 4 is 23.4 Å². The topological polar surface area (TPSA) is 54.0 Å². The summed E-state index contributed by atoms with van der Waals surface area (Å²) < 4.78 is 0. The molecule has 0 fully saturated rings. The van der Waals surface area contributed by atoms with Crippen LogP contribution in [0.2, 0.25) is 5.02 Å². The van der Waals surface area contributed by atoms with Gasteiger partial charge in [0.1, 0.15) is 0 Å². The molecule has 0 spiro atoms. The molecule has 2 amide bonds. The van der Waals surface area contributed by atoms with E-state index in [1.807, 2.05) is 6.92 Å². The van der Waals surface area contributed by atoms with Crippen molar-refractivity contribution in [2.24, 2.45) is 0 Å². The van der Waals surface area contributed by atoms with Gasteiger partial charge < -0.3 is 5.32 Å². The lowest BCUT2D eigenvalue weighted by Gasteiger charge is -2.05. The third-order valence-electron chi connectivity index (χ3n) is 1.33. The maximum absolute atomic E-state index is 11.0. The number of carbonyl (C=O) groups is 1. The van der Waals surface area contributed by atoms with Crippen LogP contribution in [0, 0.1) is 0 Å². The minimum Gasteiger partial charge on any atom is -0.338 e. The second kappa shape index (κ2) is 4.67. The van der Waals surface area contributed by atoms with Crippen molar-refractivity contribution in [2.75, 3.05) is 11.9 Å². The number of pyridine rings is 1. The Morgan fingerprint density at radius 1 is 1.69 bits per heavy atom. The summed E-state index contributed by atoms with van der Waals surface area (Å²) in [7, 11) is 0. The Labute approximate surface area is 81.3 Å². The van der Waals surface area contributed by atoms with Crippen LogP contribution in [-0.2, 0) is 0 Å². The Morgan fingerprint density at radius 2 is 2.46 bits per heavy atom. The van der Waals surface area contributed by atoms with Gasteiger partial charge in [0.25, 0.3) is 0 Å². The van der Waals surface area contributed by atoms with Gasteiger partial charge in [0.2, 0.25) is 0 Å². The van der Waals surface area contributed by atoms with E-state index >= 15 is 0 Å². The summed E-state index contributed by atoms with van der Waals surface area (Å²) in [6.07, 6.45) is 1.56. The number of hydrogen-bond acceptors (Lipinski definition) is 2. The first-order chi connectivity index (χ1) is 6.24. The smallest absolute Gasteiger partial charge is 0.320 e. The summed E-state index contributed by atoms with van der Waals surface area (Å²) in [6.45, 7) is 2.40. The van der Waals surface area contributed by atoms with Crippen molar-refractivity contribution in [1.82, 2.24) is 10.3 Å². The summed E-state index contributed by atoms with van der Waals surface area (Å²) in [5.41, 5.74) is 0. The van der Waals surface area contributed by atoms with Crippen LogP contribution in [0.1, 0.15) is 6.92 Å². The highest BCUT2D eigenvalue weighted by Crippen LogP contribution is 2.16.